The number of rotatable bonds is 7. The van der Waals surface area contributed by atoms with Gasteiger partial charge in [-0.2, -0.15) is 4.31 Å². The fourth-order valence-corrected chi connectivity index (χ4v) is 5.67. The Morgan fingerprint density at radius 2 is 1.41 bits per heavy atom. The summed E-state index contributed by atoms with van der Waals surface area (Å²) in [4.78, 5) is 14.7. The third kappa shape index (κ3) is 5.22. The zero-order valence-electron chi connectivity index (χ0n) is 19.1. The molecule has 1 saturated heterocycles. The quantitative estimate of drug-likeness (QED) is 0.565. The molecule has 0 atom stereocenters. The second-order valence-electron chi connectivity index (χ2n) is 9.02. The van der Waals surface area contributed by atoms with E-state index in [-0.39, 0.29) is 5.91 Å². The lowest BCUT2D eigenvalue weighted by Crippen LogP contribution is -2.48. The third-order valence-corrected chi connectivity index (χ3v) is 8.38. The minimum absolute atomic E-state index is 0.00956. The standard InChI is InChI=1S/C27H29N3O3S/c31-27(28-25-12-13-25)24-8-6-21(7-9-24)20-29-16-18-30(19-17-29)34(32,33)26-14-10-23(11-15-26)22-4-2-1-3-5-22/h1-11,14-15,25H,12-13,16-20H2,(H,28,31). The molecule has 0 radical (unpaired) electrons. The summed E-state index contributed by atoms with van der Waals surface area (Å²) >= 11 is 0. The summed E-state index contributed by atoms with van der Waals surface area (Å²) < 4.78 is 27.9. The summed E-state index contributed by atoms with van der Waals surface area (Å²) in [6.45, 7) is 3.01. The molecule has 0 spiro atoms. The summed E-state index contributed by atoms with van der Waals surface area (Å²) in [5.74, 6) is -0.00956. The van der Waals surface area contributed by atoms with Gasteiger partial charge in [0.1, 0.15) is 0 Å². The maximum absolute atomic E-state index is 13.2. The first-order chi connectivity index (χ1) is 16.5. The fraction of sp³-hybridized carbons (Fsp3) is 0.296. The monoisotopic (exact) mass is 475 g/mol. The highest BCUT2D eigenvalue weighted by Gasteiger charge is 2.28. The van der Waals surface area contributed by atoms with Crippen molar-refractivity contribution in [3.8, 4) is 11.1 Å². The second kappa shape index (κ2) is 9.70. The van der Waals surface area contributed by atoms with Crippen molar-refractivity contribution in [1.29, 1.82) is 0 Å². The summed E-state index contributed by atoms with van der Waals surface area (Å²) in [7, 11) is -3.52. The first-order valence-electron chi connectivity index (χ1n) is 11.8. The van der Waals surface area contributed by atoms with Crippen LogP contribution in [-0.2, 0) is 16.6 Å². The molecule has 1 aliphatic heterocycles. The normalized spacial score (nSPS) is 17.4. The SMILES string of the molecule is O=C(NC1CC1)c1ccc(CN2CCN(S(=O)(=O)c3ccc(-c4ccccc4)cc3)CC2)cc1. The van der Waals surface area contributed by atoms with Crippen LogP contribution in [0.2, 0.25) is 0 Å². The van der Waals surface area contributed by atoms with E-state index >= 15 is 0 Å². The predicted molar refractivity (Wildman–Crippen MR) is 133 cm³/mol. The third-order valence-electron chi connectivity index (χ3n) is 6.47. The van der Waals surface area contributed by atoms with Gasteiger partial charge in [0.15, 0.2) is 0 Å². The van der Waals surface area contributed by atoms with E-state index in [4.69, 9.17) is 0 Å². The molecule has 1 heterocycles. The Bertz CT molecular complexity index is 1230. The van der Waals surface area contributed by atoms with E-state index < -0.39 is 10.0 Å². The summed E-state index contributed by atoms with van der Waals surface area (Å²) in [5.41, 5.74) is 3.87. The Labute approximate surface area is 201 Å². The van der Waals surface area contributed by atoms with Crippen LogP contribution in [0, 0.1) is 0 Å². The van der Waals surface area contributed by atoms with Crippen molar-refractivity contribution in [2.75, 3.05) is 26.2 Å². The first-order valence-corrected chi connectivity index (χ1v) is 13.2. The van der Waals surface area contributed by atoms with Gasteiger partial charge in [-0.25, -0.2) is 8.42 Å². The molecule has 2 aliphatic rings. The van der Waals surface area contributed by atoms with Crippen LogP contribution in [0.1, 0.15) is 28.8 Å². The van der Waals surface area contributed by atoms with Crippen LogP contribution in [0.4, 0.5) is 0 Å². The van der Waals surface area contributed by atoms with E-state index in [0.717, 1.165) is 36.1 Å². The molecule has 7 heteroatoms. The Balaban J connectivity index is 1.16. The molecule has 1 aliphatic carbocycles. The van der Waals surface area contributed by atoms with Crippen LogP contribution >= 0.6 is 0 Å². The van der Waals surface area contributed by atoms with E-state index in [1.807, 2.05) is 66.7 Å². The van der Waals surface area contributed by atoms with Crippen molar-refractivity contribution in [3.63, 3.8) is 0 Å². The zero-order valence-corrected chi connectivity index (χ0v) is 19.9. The molecule has 0 bridgehead atoms. The summed E-state index contributed by atoms with van der Waals surface area (Å²) in [6.07, 6.45) is 2.15. The highest BCUT2D eigenvalue weighted by atomic mass is 32.2. The van der Waals surface area contributed by atoms with E-state index in [2.05, 4.69) is 10.2 Å². The smallest absolute Gasteiger partial charge is 0.251 e. The van der Waals surface area contributed by atoms with E-state index in [1.54, 1.807) is 16.4 Å². The number of nitrogens with one attached hydrogen (secondary N) is 1. The van der Waals surface area contributed by atoms with E-state index in [9.17, 15) is 13.2 Å². The number of hydrogen-bond acceptors (Lipinski definition) is 4. The highest BCUT2D eigenvalue weighted by molar-refractivity contribution is 7.89. The average molecular weight is 476 g/mol. The molecular formula is C27H29N3O3S. The minimum Gasteiger partial charge on any atom is -0.349 e. The van der Waals surface area contributed by atoms with Crippen molar-refractivity contribution >= 4 is 15.9 Å². The number of benzene rings is 3. The number of hydrogen-bond donors (Lipinski definition) is 1. The van der Waals surface area contributed by atoms with Gasteiger partial charge in [-0.3, -0.25) is 9.69 Å². The molecule has 3 aromatic carbocycles. The topological polar surface area (TPSA) is 69.7 Å². The molecule has 0 aromatic heterocycles. The lowest BCUT2D eigenvalue weighted by molar-refractivity contribution is 0.0951. The maximum atomic E-state index is 13.2. The van der Waals surface area contributed by atoms with E-state index in [1.165, 1.54) is 0 Å². The van der Waals surface area contributed by atoms with Crippen molar-refractivity contribution < 1.29 is 13.2 Å². The van der Waals surface area contributed by atoms with Gasteiger partial charge in [0.05, 0.1) is 4.90 Å². The number of amides is 1. The van der Waals surface area contributed by atoms with Crippen LogP contribution in [0.3, 0.4) is 0 Å². The number of sulfonamides is 1. The molecular weight excluding hydrogens is 446 g/mol. The molecule has 6 nitrogen and oxygen atoms in total. The van der Waals surface area contributed by atoms with Gasteiger partial charge in [0.2, 0.25) is 10.0 Å². The molecule has 0 unspecified atom stereocenters. The van der Waals surface area contributed by atoms with Crippen LogP contribution in [-0.4, -0.2) is 55.8 Å². The Kier molecular flexibility index (Phi) is 6.50. The molecule has 176 valence electrons. The summed E-state index contributed by atoms with van der Waals surface area (Å²) in [5, 5.41) is 3.00. The molecule has 1 N–H and O–H groups in total. The van der Waals surface area contributed by atoms with Gasteiger partial charge in [0.25, 0.3) is 5.91 Å². The summed E-state index contributed by atoms with van der Waals surface area (Å²) in [6, 6.07) is 25.1. The lowest BCUT2D eigenvalue weighted by atomic mass is 10.1. The molecule has 34 heavy (non-hydrogen) atoms. The first kappa shape index (κ1) is 22.8. The number of piperazine rings is 1. The van der Waals surface area contributed by atoms with Crippen molar-refractivity contribution in [2.24, 2.45) is 0 Å². The number of nitrogens with zero attached hydrogens (tertiary/aromatic N) is 2. The van der Waals surface area contributed by atoms with Crippen LogP contribution in [0.25, 0.3) is 11.1 Å². The van der Waals surface area contributed by atoms with Crippen molar-refractivity contribution in [1.82, 2.24) is 14.5 Å². The van der Waals surface area contributed by atoms with Gasteiger partial charge in [0, 0.05) is 44.3 Å². The second-order valence-corrected chi connectivity index (χ2v) is 11.0. The van der Waals surface area contributed by atoms with Gasteiger partial charge >= 0.3 is 0 Å². The zero-order chi connectivity index (χ0) is 23.5. The molecule has 3 aromatic rings. The largest absolute Gasteiger partial charge is 0.349 e. The van der Waals surface area contributed by atoms with E-state index in [0.29, 0.717) is 42.7 Å². The van der Waals surface area contributed by atoms with Gasteiger partial charge in [-0.05, 0) is 53.8 Å². The maximum Gasteiger partial charge on any atom is 0.251 e. The van der Waals surface area contributed by atoms with Crippen molar-refractivity contribution in [3.05, 3.63) is 90.0 Å². The average Bonchev–Trinajstić information content (AvgIpc) is 3.69. The number of carbonyl (C=O) groups excluding carboxylic acids is 1. The molecule has 2 fully saturated rings. The van der Waals surface area contributed by atoms with Crippen LogP contribution in [0.15, 0.2) is 83.8 Å². The van der Waals surface area contributed by atoms with Gasteiger partial charge < -0.3 is 5.32 Å². The minimum atomic E-state index is -3.52. The molecule has 1 saturated carbocycles. The lowest BCUT2D eigenvalue weighted by Gasteiger charge is -2.34. The number of carbonyl (C=O) groups is 1. The predicted octanol–water partition coefficient (Wildman–Crippen LogP) is 3.75. The highest BCUT2D eigenvalue weighted by Crippen LogP contribution is 2.24. The van der Waals surface area contributed by atoms with Crippen LogP contribution < -0.4 is 5.32 Å². The van der Waals surface area contributed by atoms with Crippen LogP contribution in [0.5, 0.6) is 0 Å². The Hall–Kier alpha value is -3.00. The molecule has 5 rings (SSSR count). The molecule has 1 amide bonds. The Morgan fingerprint density at radius 3 is 2.03 bits per heavy atom. The van der Waals surface area contributed by atoms with Gasteiger partial charge in [-0.15, -0.1) is 0 Å². The van der Waals surface area contributed by atoms with Crippen molar-refractivity contribution in [2.45, 2.75) is 30.3 Å². The van der Waals surface area contributed by atoms with Gasteiger partial charge in [-0.1, -0.05) is 54.6 Å². The Morgan fingerprint density at radius 1 is 0.794 bits per heavy atom. The fourth-order valence-electron chi connectivity index (χ4n) is 4.24.